The highest BCUT2D eigenvalue weighted by Crippen LogP contribution is 2.26. The number of ether oxygens (including phenoxy) is 1. The Morgan fingerprint density at radius 1 is 1.24 bits per heavy atom. The van der Waals surface area contributed by atoms with Crippen molar-refractivity contribution in [3.63, 3.8) is 0 Å². The predicted octanol–water partition coefficient (Wildman–Crippen LogP) is 1.77. The average Bonchev–Trinajstić information content (AvgIpc) is 3.10. The molecule has 1 amide bonds. The lowest BCUT2D eigenvalue weighted by molar-refractivity contribution is -0.121. The number of hydrogen-bond donors (Lipinski definition) is 1. The zero-order valence-electron chi connectivity index (χ0n) is 13.9. The molecule has 2 heterocycles. The molecule has 1 fully saturated rings. The number of hydrogen-bond acceptors (Lipinski definition) is 6. The molecule has 1 saturated heterocycles. The highest BCUT2D eigenvalue weighted by atomic mass is 35.5. The molecule has 0 radical (unpaired) electrons. The number of carbonyl (C=O) groups excluding carboxylic acids is 1. The molecule has 3 rings (SSSR count). The smallest absolute Gasteiger partial charge is 0.249 e. The van der Waals surface area contributed by atoms with Crippen LogP contribution >= 0.6 is 11.6 Å². The molecule has 8 heteroatoms. The lowest BCUT2D eigenvalue weighted by atomic mass is 10.2. The second kappa shape index (κ2) is 8.94. The van der Waals surface area contributed by atoms with Gasteiger partial charge in [0.25, 0.3) is 0 Å². The van der Waals surface area contributed by atoms with Crippen LogP contribution in [-0.2, 0) is 16.0 Å². The number of rotatable bonds is 7. The Bertz CT molecular complexity index is 701. The topological polar surface area (TPSA) is 80.5 Å². The van der Waals surface area contributed by atoms with E-state index >= 15 is 0 Å². The van der Waals surface area contributed by atoms with Gasteiger partial charge in [0.15, 0.2) is 0 Å². The average molecular weight is 365 g/mol. The van der Waals surface area contributed by atoms with Crippen LogP contribution in [0.3, 0.4) is 0 Å². The fourth-order valence-corrected chi connectivity index (χ4v) is 2.80. The summed E-state index contributed by atoms with van der Waals surface area (Å²) in [6.45, 7) is 4.84. The maximum atomic E-state index is 11.9. The summed E-state index contributed by atoms with van der Waals surface area (Å²) in [5.74, 6) is 0.775. The maximum Gasteiger partial charge on any atom is 0.249 e. The summed E-state index contributed by atoms with van der Waals surface area (Å²) >= 11 is 6.11. The Labute approximate surface area is 151 Å². The Morgan fingerprint density at radius 2 is 2.04 bits per heavy atom. The van der Waals surface area contributed by atoms with E-state index in [1.807, 2.05) is 18.2 Å². The first-order chi connectivity index (χ1) is 12.2. The number of nitrogens with zero attached hydrogens (tertiary/aromatic N) is 3. The zero-order valence-corrected chi connectivity index (χ0v) is 14.7. The van der Waals surface area contributed by atoms with E-state index in [2.05, 4.69) is 20.4 Å². The summed E-state index contributed by atoms with van der Waals surface area (Å²) in [5, 5.41) is 11.4. The monoisotopic (exact) mass is 364 g/mol. The normalized spacial score (nSPS) is 15.2. The molecule has 134 valence electrons. The van der Waals surface area contributed by atoms with Crippen molar-refractivity contribution in [2.75, 3.05) is 39.4 Å². The van der Waals surface area contributed by atoms with E-state index in [-0.39, 0.29) is 5.91 Å². The standard InChI is InChI=1S/C17H21ClN4O3/c18-14-4-2-1-3-13(14)17-21-20-16(25-17)6-5-15(23)19-7-8-22-9-11-24-12-10-22/h1-4H,5-12H2,(H,19,23). The number of nitrogens with one attached hydrogen (secondary N) is 1. The molecule has 0 atom stereocenters. The van der Waals surface area contributed by atoms with Gasteiger partial charge in [0, 0.05) is 39.0 Å². The van der Waals surface area contributed by atoms with Crippen molar-refractivity contribution in [2.45, 2.75) is 12.8 Å². The summed E-state index contributed by atoms with van der Waals surface area (Å²) in [6.07, 6.45) is 0.716. The van der Waals surface area contributed by atoms with Gasteiger partial charge in [0.05, 0.1) is 23.8 Å². The van der Waals surface area contributed by atoms with Gasteiger partial charge in [0.2, 0.25) is 17.7 Å². The second-order valence-corrected chi connectivity index (χ2v) is 6.19. The minimum Gasteiger partial charge on any atom is -0.421 e. The van der Waals surface area contributed by atoms with Crippen molar-refractivity contribution < 1.29 is 13.9 Å². The van der Waals surface area contributed by atoms with Crippen LogP contribution in [0.5, 0.6) is 0 Å². The third kappa shape index (κ3) is 5.26. The van der Waals surface area contributed by atoms with Crippen LogP contribution in [0.4, 0.5) is 0 Å². The number of carbonyl (C=O) groups is 1. The molecule has 0 saturated carbocycles. The van der Waals surface area contributed by atoms with E-state index in [1.165, 1.54) is 0 Å². The molecule has 0 bridgehead atoms. The molecule has 0 aliphatic carbocycles. The highest BCUT2D eigenvalue weighted by molar-refractivity contribution is 6.33. The molecule has 25 heavy (non-hydrogen) atoms. The van der Waals surface area contributed by atoms with E-state index < -0.39 is 0 Å². The van der Waals surface area contributed by atoms with Crippen LogP contribution in [-0.4, -0.2) is 60.4 Å². The van der Waals surface area contributed by atoms with Gasteiger partial charge in [-0.2, -0.15) is 0 Å². The zero-order chi connectivity index (χ0) is 17.5. The van der Waals surface area contributed by atoms with Gasteiger partial charge in [0.1, 0.15) is 0 Å². The van der Waals surface area contributed by atoms with Crippen molar-refractivity contribution in [2.24, 2.45) is 0 Å². The molecule has 1 N–H and O–H groups in total. The van der Waals surface area contributed by atoms with Gasteiger partial charge in [-0.05, 0) is 12.1 Å². The molecule has 1 aliphatic heterocycles. The van der Waals surface area contributed by atoms with Gasteiger partial charge in [-0.1, -0.05) is 23.7 Å². The van der Waals surface area contributed by atoms with E-state index in [0.29, 0.717) is 41.8 Å². The van der Waals surface area contributed by atoms with Crippen molar-refractivity contribution in [3.05, 3.63) is 35.2 Å². The Hall–Kier alpha value is -1.96. The van der Waals surface area contributed by atoms with E-state index in [9.17, 15) is 4.79 Å². The first-order valence-electron chi connectivity index (χ1n) is 8.36. The first kappa shape index (κ1) is 17.8. The van der Waals surface area contributed by atoms with E-state index in [4.69, 9.17) is 20.8 Å². The predicted molar refractivity (Wildman–Crippen MR) is 93.3 cm³/mol. The third-order valence-electron chi connectivity index (χ3n) is 3.99. The van der Waals surface area contributed by atoms with Crippen LogP contribution in [0.2, 0.25) is 5.02 Å². The largest absolute Gasteiger partial charge is 0.421 e. The van der Waals surface area contributed by atoms with Crippen LogP contribution in [0, 0.1) is 0 Å². The first-order valence-corrected chi connectivity index (χ1v) is 8.74. The number of amides is 1. The number of aryl methyl sites for hydroxylation is 1. The van der Waals surface area contributed by atoms with Crippen LogP contribution in [0.25, 0.3) is 11.5 Å². The fourth-order valence-electron chi connectivity index (χ4n) is 2.59. The summed E-state index contributed by atoms with van der Waals surface area (Å²) < 4.78 is 10.9. The fraction of sp³-hybridized carbons (Fsp3) is 0.471. The van der Waals surface area contributed by atoms with Gasteiger partial charge in [-0.25, -0.2) is 0 Å². The molecule has 2 aromatic rings. The molecule has 1 aliphatic rings. The number of halogens is 1. The van der Waals surface area contributed by atoms with Crippen LogP contribution < -0.4 is 5.32 Å². The number of benzene rings is 1. The summed E-state index contributed by atoms with van der Waals surface area (Å²) in [5.41, 5.74) is 0.692. The summed E-state index contributed by atoms with van der Waals surface area (Å²) in [4.78, 5) is 14.2. The van der Waals surface area contributed by atoms with Crippen molar-refractivity contribution in [1.29, 1.82) is 0 Å². The molecule has 0 unspecified atom stereocenters. The highest BCUT2D eigenvalue weighted by Gasteiger charge is 2.13. The third-order valence-corrected chi connectivity index (χ3v) is 4.32. The minimum atomic E-state index is -0.0225. The molecular weight excluding hydrogens is 344 g/mol. The molecule has 0 spiro atoms. The molecule has 1 aromatic heterocycles. The van der Waals surface area contributed by atoms with Gasteiger partial charge < -0.3 is 14.5 Å². The van der Waals surface area contributed by atoms with Gasteiger partial charge in [-0.15, -0.1) is 10.2 Å². The SMILES string of the molecule is O=C(CCc1nnc(-c2ccccc2Cl)o1)NCCN1CCOCC1. The van der Waals surface area contributed by atoms with Gasteiger partial charge >= 0.3 is 0 Å². The number of aromatic nitrogens is 2. The van der Waals surface area contributed by atoms with Crippen LogP contribution in [0.15, 0.2) is 28.7 Å². The second-order valence-electron chi connectivity index (χ2n) is 5.78. The van der Waals surface area contributed by atoms with E-state index in [1.54, 1.807) is 6.07 Å². The van der Waals surface area contributed by atoms with Crippen molar-refractivity contribution in [3.8, 4) is 11.5 Å². The lowest BCUT2D eigenvalue weighted by Crippen LogP contribution is -2.41. The lowest BCUT2D eigenvalue weighted by Gasteiger charge is -2.26. The molecule has 1 aromatic carbocycles. The molecular formula is C17H21ClN4O3. The minimum absolute atomic E-state index is 0.0225. The van der Waals surface area contributed by atoms with Gasteiger partial charge in [-0.3, -0.25) is 9.69 Å². The quantitative estimate of drug-likeness (QED) is 0.806. The Balaban J connectivity index is 1.41. The summed E-state index contributed by atoms with van der Waals surface area (Å²) in [6, 6.07) is 7.28. The van der Waals surface area contributed by atoms with Crippen molar-refractivity contribution >= 4 is 17.5 Å². The van der Waals surface area contributed by atoms with E-state index in [0.717, 1.165) is 32.8 Å². The van der Waals surface area contributed by atoms with Crippen molar-refractivity contribution in [1.82, 2.24) is 20.4 Å². The van der Waals surface area contributed by atoms with Crippen LogP contribution in [0.1, 0.15) is 12.3 Å². The molecule has 7 nitrogen and oxygen atoms in total. The maximum absolute atomic E-state index is 11.9. The Morgan fingerprint density at radius 3 is 2.84 bits per heavy atom. The number of morpholine rings is 1. The Kier molecular flexibility index (Phi) is 6.38. The summed E-state index contributed by atoms with van der Waals surface area (Å²) in [7, 11) is 0.